The SMILES string of the molecule is Cc1ccccc1NC(=O)c1oc2c(c1C)-c1nn(Cc3cccc(Cl)c3)cc1CC2. The van der Waals surface area contributed by atoms with Crippen molar-refractivity contribution in [3.8, 4) is 11.3 Å². The molecule has 2 aromatic heterocycles. The summed E-state index contributed by atoms with van der Waals surface area (Å²) in [7, 11) is 0. The zero-order valence-electron chi connectivity index (χ0n) is 17.4. The van der Waals surface area contributed by atoms with Crippen molar-refractivity contribution in [3.63, 3.8) is 0 Å². The average Bonchev–Trinajstić information content (AvgIpc) is 3.30. The van der Waals surface area contributed by atoms with Gasteiger partial charge in [-0.15, -0.1) is 0 Å². The lowest BCUT2D eigenvalue weighted by Crippen LogP contribution is -2.13. The summed E-state index contributed by atoms with van der Waals surface area (Å²) in [6.07, 6.45) is 3.67. The first-order valence-corrected chi connectivity index (χ1v) is 10.7. The molecule has 0 atom stereocenters. The number of aryl methyl sites for hydroxylation is 3. The van der Waals surface area contributed by atoms with Crippen molar-refractivity contribution in [2.45, 2.75) is 33.2 Å². The van der Waals surface area contributed by atoms with Crippen LogP contribution in [0.25, 0.3) is 11.3 Å². The van der Waals surface area contributed by atoms with Crippen LogP contribution in [0.1, 0.15) is 38.6 Å². The smallest absolute Gasteiger partial charge is 0.291 e. The second kappa shape index (κ2) is 7.75. The molecule has 2 aromatic carbocycles. The molecule has 5 rings (SSSR count). The summed E-state index contributed by atoms with van der Waals surface area (Å²) < 4.78 is 7.97. The van der Waals surface area contributed by atoms with E-state index in [0.717, 1.165) is 52.2 Å². The van der Waals surface area contributed by atoms with E-state index in [9.17, 15) is 4.79 Å². The molecule has 1 N–H and O–H groups in total. The molecule has 4 aromatic rings. The van der Waals surface area contributed by atoms with Crippen LogP contribution < -0.4 is 5.32 Å². The number of furan rings is 1. The number of aromatic nitrogens is 2. The molecule has 0 spiro atoms. The zero-order chi connectivity index (χ0) is 21.5. The lowest BCUT2D eigenvalue weighted by atomic mass is 9.93. The summed E-state index contributed by atoms with van der Waals surface area (Å²) in [6.45, 7) is 4.54. The van der Waals surface area contributed by atoms with Crippen molar-refractivity contribution in [3.05, 3.63) is 93.5 Å². The molecule has 0 saturated heterocycles. The fourth-order valence-corrected chi connectivity index (χ4v) is 4.39. The van der Waals surface area contributed by atoms with Crippen LogP contribution in [0.4, 0.5) is 5.69 Å². The van der Waals surface area contributed by atoms with Crippen molar-refractivity contribution in [1.82, 2.24) is 9.78 Å². The number of amides is 1. The van der Waals surface area contributed by atoms with Gasteiger partial charge in [-0.3, -0.25) is 9.48 Å². The molecular weight excluding hydrogens is 410 g/mol. The predicted octanol–water partition coefficient (Wildman–Crippen LogP) is 5.81. The molecule has 1 aliphatic rings. The summed E-state index contributed by atoms with van der Waals surface area (Å²) in [5.41, 5.74) is 6.73. The molecule has 0 radical (unpaired) electrons. The van der Waals surface area contributed by atoms with Crippen LogP contribution in [-0.4, -0.2) is 15.7 Å². The van der Waals surface area contributed by atoms with Crippen LogP contribution in [0, 0.1) is 13.8 Å². The fourth-order valence-electron chi connectivity index (χ4n) is 4.18. The standard InChI is InChI=1S/C25H22ClN3O2/c1-15-6-3-4-9-20(15)27-25(30)24-16(2)22-21(31-24)11-10-18-14-29(28-23(18)22)13-17-7-5-8-19(26)12-17/h3-9,12,14H,10-11,13H2,1-2H3,(H,27,30). The number of hydrogen-bond acceptors (Lipinski definition) is 3. The van der Waals surface area contributed by atoms with Crippen molar-refractivity contribution in [1.29, 1.82) is 0 Å². The van der Waals surface area contributed by atoms with Crippen molar-refractivity contribution >= 4 is 23.2 Å². The van der Waals surface area contributed by atoms with Crippen molar-refractivity contribution in [2.24, 2.45) is 0 Å². The van der Waals surface area contributed by atoms with Crippen molar-refractivity contribution in [2.75, 3.05) is 5.32 Å². The maximum Gasteiger partial charge on any atom is 0.291 e. The lowest BCUT2D eigenvalue weighted by molar-refractivity contribution is 0.0994. The fraction of sp³-hybridized carbons (Fsp3) is 0.200. The summed E-state index contributed by atoms with van der Waals surface area (Å²) in [5, 5.41) is 8.52. The molecule has 156 valence electrons. The second-order valence-corrected chi connectivity index (χ2v) is 8.39. The average molecular weight is 432 g/mol. The van der Waals surface area contributed by atoms with Crippen LogP contribution >= 0.6 is 11.6 Å². The first kappa shape index (κ1) is 19.6. The Labute approximate surface area is 185 Å². The van der Waals surface area contributed by atoms with E-state index in [4.69, 9.17) is 21.1 Å². The minimum Gasteiger partial charge on any atom is -0.455 e. The Balaban J connectivity index is 1.46. The molecule has 0 aliphatic heterocycles. The lowest BCUT2D eigenvalue weighted by Gasteiger charge is -2.09. The number of halogens is 1. The molecule has 31 heavy (non-hydrogen) atoms. The maximum atomic E-state index is 13.0. The molecule has 2 heterocycles. The number of para-hydroxylation sites is 1. The molecule has 0 bridgehead atoms. The van der Waals surface area contributed by atoms with Gasteiger partial charge in [-0.1, -0.05) is 41.9 Å². The monoisotopic (exact) mass is 431 g/mol. The van der Waals surface area contributed by atoms with E-state index in [0.29, 0.717) is 17.3 Å². The van der Waals surface area contributed by atoms with E-state index in [1.165, 1.54) is 5.56 Å². The van der Waals surface area contributed by atoms with E-state index >= 15 is 0 Å². The van der Waals surface area contributed by atoms with E-state index in [-0.39, 0.29) is 5.91 Å². The molecule has 0 fully saturated rings. The molecular formula is C25H22ClN3O2. The van der Waals surface area contributed by atoms with Gasteiger partial charge in [0.1, 0.15) is 5.76 Å². The van der Waals surface area contributed by atoms with Crippen molar-refractivity contribution < 1.29 is 9.21 Å². The predicted molar refractivity (Wildman–Crippen MR) is 122 cm³/mol. The molecule has 1 aliphatic carbocycles. The number of carbonyl (C=O) groups excluding carboxylic acids is 1. The van der Waals surface area contributed by atoms with E-state index in [1.807, 2.05) is 67.1 Å². The number of carbonyl (C=O) groups is 1. The minimum atomic E-state index is -0.235. The third-order valence-electron chi connectivity index (χ3n) is 5.75. The van der Waals surface area contributed by atoms with Gasteiger partial charge in [0.2, 0.25) is 0 Å². The highest BCUT2D eigenvalue weighted by Crippen LogP contribution is 2.38. The number of benzene rings is 2. The molecule has 1 amide bonds. The Kier molecular flexibility index (Phi) is 4.91. The topological polar surface area (TPSA) is 60.1 Å². The summed E-state index contributed by atoms with van der Waals surface area (Å²) >= 11 is 6.12. The van der Waals surface area contributed by atoms with E-state index in [2.05, 4.69) is 11.5 Å². The van der Waals surface area contributed by atoms with Gasteiger partial charge in [0.05, 0.1) is 12.2 Å². The van der Waals surface area contributed by atoms with Gasteiger partial charge in [0, 0.05) is 34.5 Å². The minimum absolute atomic E-state index is 0.235. The molecule has 0 unspecified atom stereocenters. The number of nitrogens with zero attached hydrogens (tertiary/aromatic N) is 2. The third kappa shape index (κ3) is 3.66. The van der Waals surface area contributed by atoms with Crippen LogP contribution in [-0.2, 0) is 19.4 Å². The first-order chi connectivity index (χ1) is 15.0. The Hall–Kier alpha value is -3.31. The van der Waals surface area contributed by atoms with Gasteiger partial charge in [-0.2, -0.15) is 5.10 Å². The van der Waals surface area contributed by atoms with Crippen LogP contribution in [0.5, 0.6) is 0 Å². The van der Waals surface area contributed by atoms with Gasteiger partial charge < -0.3 is 9.73 Å². The molecule has 6 heteroatoms. The second-order valence-electron chi connectivity index (χ2n) is 7.95. The number of fused-ring (bicyclic) bond motifs is 3. The molecule has 0 saturated carbocycles. The zero-order valence-corrected chi connectivity index (χ0v) is 18.2. The Morgan fingerprint density at radius 2 is 2.00 bits per heavy atom. The highest BCUT2D eigenvalue weighted by molar-refractivity contribution is 6.30. The van der Waals surface area contributed by atoms with E-state index < -0.39 is 0 Å². The van der Waals surface area contributed by atoms with E-state index in [1.54, 1.807) is 0 Å². The third-order valence-corrected chi connectivity index (χ3v) is 5.98. The quantitative estimate of drug-likeness (QED) is 0.443. The maximum absolute atomic E-state index is 13.0. The summed E-state index contributed by atoms with van der Waals surface area (Å²) in [5.74, 6) is 0.944. The normalized spacial score (nSPS) is 12.4. The number of hydrogen-bond donors (Lipinski definition) is 1. The van der Waals surface area contributed by atoms with Gasteiger partial charge in [0.15, 0.2) is 5.76 Å². The van der Waals surface area contributed by atoms with Gasteiger partial charge in [-0.25, -0.2) is 0 Å². The summed E-state index contributed by atoms with van der Waals surface area (Å²) in [4.78, 5) is 13.0. The number of nitrogens with one attached hydrogen (secondary N) is 1. The largest absolute Gasteiger partial charge is 0.455 e. The van der Waals surface area contributed by atoms with Gasteiger partial charge in [-0.05, 0) is 55.2 Å². The van der Waals surface area contributed by atoms with Gasteiger partial charge in [0.25, 0.3) is 5.91 Å². The Morgan fingerprint density at radius 3 is 2.81 bits per heavy atom. The first-order valence-electron chi connectivity index (χ1n) is 10.3. The highest BCUT2D eigenvalue weighted by Gasteiger charge is 2.29. The Bertz CT molecular complexity index is 1300. The van der Waals surface area contributed by atoms with Gasteiger partial charge >= 0.3 is 0 Å². The molecule has 5 nitrogen and oxygen atoms in total. The van der Waals surface area contributed by atoms with Crippen LogP contribution in [0.3, 0.4) is 0 Å². The Morgan fingerprint density at radius 1 is 1.16 bits per heavy atom. The number of rotatable bonds is 4. The number of anilines is 1. The van der Waals surface area contributed by atoms with Crippen LogP contribution in [0.2, 0.25) is 5.02 Å². The summed E-state index contributed by atoms with van der Waals surface area (Å²) in [6, 6.07) is 15.5. The highest BCUT2D eigenvalue weighted by atomic mass is 35.5. The van der Waals surface area contributed by atoms with Crippen LogP contribution in [0.15, 0.2) is 59.1 Å².